The molecule has 0 aromatic heterocycles. The molecular formula is C16H12BrClF3NO. The van der Waals surface area contributed by atoms with Crippen LogP contribution in [0.4, 0.5) is 13.2 Å². The van der Waals surface area contributed by atoms with Crippen molar-refractivity contribution in [2.75, 3.05) is 6.54 Å². The molecule has 122 valence electrons. The van der Waals surface area contributed by atoms with Gasteiger partial charge in [-0.1, -0.05) is 39.7 Å². The SMILES string of the molecule is O=C(NCCc1ccc(C(F)(F)F)cc1)c1cc(Br)ccc1Cl. The monoisotopic (exact) mass is 405 g/mol. The lowest BCUT2D eigenvalue weighted by molar-refractivity contribution is -0.137. The van der Waals surface area contributed by atoms with E-state index in [2.05, 4.69) is 21.2 Å². The van der Waals surface area contributed by atoms with Crippen molar-refractivity contribution in [3.8, 4) is 0 Å². The number of rotatable bonds is 4. The second-order valence-electron chi connectivity index (χ2n) is 4.82. The summed E-state index contributed by atoms with van der Waals surface area (Å²) in [4.78, 5) is 12.0. The average molecular weight is 407 g/mol. The van der Waals surface area contributed by atoms with Crippen LogP contribution in [0.5, 0.6) is 0 Å². The highest BCUT2D eigenvalue weighted by Crippen LogP contribution is 2.29. The van der Waals surface area contributed by atoms with Crippen molar-refractivity contribution in [1.82, 2.24) is 5.32 Å². The molecule has 0 aliphatic rings. The molecule has 0 saturated heterocycles. The maximum absolute atomic E-state index is 12.5. The van der Waals surface area contributed by atoms with Gasteiger partial charge in [-0.2, -0.15) is 13.2 Å². The highest BCUT2D eigenvalue weighted by molar-refractivity contribution is 9.10. The van der Waals surface area contributed by atoms with Gasteiger partial charge >= 0.3 is 6.18 Å². The molecule has 0 heterocycles. The van der Waals surface area contributed by atoms with Crippen LogP contribution in [0.3, 0.4) is 0 Å². The van der Waals surface area contributed by atoms with Gasteiger partial charge < -0.3 is 5.32 Å². The molecule has 2 aromatic rings. The minimum absolute atomic E-state index is 0.299. The highest BCUT2D eigenvalue weighted by Gasteiger charge is 2.29. The van der Waals surface area contributed by atoms with Crippen LogP contribution >= 0.6 is 27.5 Å². The van der Waals surface area contributed by atoms with Crippen molar-refractivity contribution in [2.45, 2.75) is 12.6 Å². The predicted octanol–water partition coefficient (Wildman–Crippen LogP) is 5.09. The van der Waals surface area contributed by atoms with Gasteiger partial charge in [0, 0.05) is 11.0 Å². The molecule has 2 aromatic carbocycles. The van der Waals surface area contributed by atoms with Gasteiger partial charge in [0.05, 0.1) is 16.1 Å². The van der Waals surface area contributed by atoms with Crippen molar-refractivity contribution in [3.63, 3.8) is 0 Å². The zero-order valence-electron chi connectivity index (χ0n) is 11.8. The highest BCUT2D eigenvalue weighted by atomic mass is 79.9. The van der Waals surface area contributed by atoms with Gasteiger partial charge in [-0.05, 0) is 42.3 Å². The predicted molar refractivity (Wildman–Crippen MR) is 86.6 cm³/mol. The van der Waals surface area contributed by atoms with Crippen molar-refractivity contribution in [1.29, 1.82) is 0 Å². The van der Waals surface area contributed by atoms with E-state index in [9.17, 15) is 18.0 Å². The maximum atomic E-state index is 12.5. The first-order chi connectivity index (χ1) is 10.8. The van der Waals surface area contributed by atoms with Crippen molar-refractivity contribution < 1.29 is 18.0 Å². The van der Waals surface area contributed by atoms with Crippen LogP contribution < -0.4 is 5.32 Å². The number of amides is 1. The summed E-state index contributed by atoms with van der Waals surface area (Å²) in [5.41, 5.74) is 0.360. The van der Waals surface area contributed by atoms with Crippen LogP contribution in [0.25, 0.3) is 0 Å². The first kappa shape index (κ1) is 17.8. The van der Waals surface area contributed by atoms with Crippen LogP contribution in [0, 0.1) is 0 Å². The number of carbonyl (C=O) groups is 1. The van der Waals surface area contributed by atoms with Crippen molar-refractivity contribution in [3.05, 3.63) is 68.7 Å². The van der Waals surface area contributed by atoms with Gasteiger partial charge in [-0.3, -0.25) is 4.79 Å². The van der Waals surface area contributed by atoms with Gasteiger partial charge in [-0.15, -0.1) is 0 Å². The van der Waals surface area contributed by atoms with Crippen LogP contribution in [0.15, 0.2) is 46.9 Å². The van der Waals surface area contributed by atoms with E-state index in [4.69, 9.17) is 11.6 Å². The van der Waals surface area contributed by atoms with Gasteiger partial charge in [-0.25, -0.2) is 0 Å². The normalized spacial score (nSPS) is 11.3. The summed E-state index contributed by atoms with van der Waals surface area (Å²) in [7, 11) is 0. The Bertz CT molecular complexity index is 701. The summed E-state index contributed by atoms with van der Waals surface area (Å²) in [6.07, 6.45) is -3.92. The zero-order valence-corrected chi connectivity index (χ0v) is 14.1. The minimum Gasteiger partial charge on any atom is -0.352 e. The second kappa shape index (κ2) is 7.36. The number of hydrogen-bond acceptors (Lipinski definition) is 1. The quantitative estimate of drug-likeness (QED) is 0.752. The zero-order chi connectivity index (χ0) is 17.0. The number of alkyl halides is 3. The van der Waals surface area contributed by atoms with Gasteiger partial charge in [0.1, 0.15) is 0 Å². The molecule has 2 rings (SSSR count). The fourth-order valence-corrected chi connectivity index (χ4v) is 2.51. The first-order valence-corrected chi connectivity index (χ1v) is 7.84. The summed E-state index contributed by atoms with van der Waals surface area (Å²) >= 11 is 9.22. The second-order valence-corrected chi connectivity index (χ2v) is 6.15. The lowest BCUT2D eigenvalue weighted by atomic mass is 10.1. The molecule has 0 radical (unpaired) electrons. The Balaban J connectivity index is 1.92. The molecule has 7 heteroatoms. The summed E-state index contributed by atoms with van der Waals surface area (Å²) < 4.78 is 38.1. The number of carbonyl (C=O) groups excluding carboxylic acids is 1. The average Bonchev–Trinajstić information content (AvgIpc) is 2.49. The van der Waals surface area contributed by atoms with E-state index >= 15 is 0 Å². The van der Waals surface area contributed by atoms with E-state index < -0.39 is 11.7 Å². The fraction of sp³-hybridized carbons (Fsp3) is 0.188. The molecule has 0 aliphatic carbocycles. The van der Waals surface area contributed by atoms with E-state index in [-0.39, 0.29) is 5.91 Å². The van der Waals surface area contributed by atoms with Crippen LogP contribution in [0.2, 0.25) is 5.02 Å². The Morgan fingerprint density at radius 1 is 1.13 bits per heavy atom. The standard InChI is InChI=1S/C16H12BrClF3NO/c17-12-5-6-14(18)13(9-12)15(23)22-8-7-10-1-3-11(4-2-10)16(19,20)21/h1-6,9H,7-8H2,(H,22,23). The topological polar surface area (TPSA) is 29.1 Å². The Labute approximate surface area is 144 Å². The van der Waals surface area contributed by atoms with Gasteiger partial charge in [0.2, 0.25) is 0 Å². The first-order valence-electron chi connectivity index (χ1n) is 6.67. The number of nitrogens with one attached hydrogen (secondary N) is 1. The largest absolute Gasteiger partial charge is 0.416 e. The molecule has 0 fully saturated rings. The third-order valence-corrected chi connectivity index (χ3v) is 3.98. The maximum Gasteiger partial charge on any atom is 0.416 e. The Hall–Kier alpha value is -1.53. The van der Waals surface area contributed by atoms with Crippen LogP contribution in [-0.2, 0) is 12.6 Å². The van der Waals surface area contributed by atoms with Crippen LogP contribution in [-0.4, -0.2) is 12.5 Å². The van der Waals surface area contributed by atoms with E-state index in [0.717, 1.165) is 16.6 Å². The molecule has 0 atom stereocenters. The molecule has 23 heavy (non-hydrogen) atoms. The molecule has 0 unspecified atom stereocenters. The van der Waals surface area contributed by atoms with E-state index in [1.165, 1.54) is 12.1 Å². The Kier molecular flexibility index (Phi) is 5.70. The molecule has 0 saturated carbocycles. The fourth-order valence-electron chi connectivity index (χ4n) is 1.95. The molecule has 1 N–H and O–H groups in total. The number of hydrogen-bond donors (Lipinski definition) is 1. The smallest absolute Gasteiger partial charge is 0.352 e. The molecular weight excluding hydrogens is 395 g/mol. The molecule has 1 amide bonds. The molecule has 0 aliphatic heterocycles. The van der Waals surface area contributed by atoms with E-state index in [1.54, 1.807) is 18.2 Å². The van der Waals surface area contributed by atoms with Crippen molar-refractivity contribution >= 4 is 33.4 Å². The van der Waals surface area contributed by atoms with Gasteiger partial charge in [0.25, 0.3) is 5.91 Å². The third kappa shape index (κ3) is 4.97. The van der Waals surface area contributed by atoms with Gasteiger partial charge in [0.15, 0.2) is 0 Å². The lowest BCUT2D eigenvalue weighted by Gasteiger charge is -2.09. The van der Waals surface area contributed by atoms with Crippen LogP contribution in [0.1, 0.15) is 21.5 Å². The summed E-state index contributed by atoms with van der Waals surface area (Å²) in [5, 5.41) is 3.03. The Morgan fingerprint density at radius 2 is 1.78 bits per heavy atom. The van der Waals surface area contributed by atoms with E-state index in [1.807, 2.05) is 0 Å². The summed E-state index contributed by atoms with van der Waals surface area (Å²) in [5.74, 6) is -0.330. The minimum atomic E-state index is -4.34. The van der Waals surface area contributed by atoms with Crippen molar-refractivity contribution in [2.24, 2.45) is 0 Å². The Morgan fingerprint density at radius 3 is 2.39 bits per heavy atom. The summed E-state index contributed by atoms with van der Waals surface area (Å²) in [6, 6.07) is 9.81. The molecule has 0 spiro atoms. The lowest BCUT2D eigenvalue weighted by Crippen LogP contribution is -2.26. The summed E-state index contributed by atoms with van der Waals surface area (Å²) in [6.45, 7) is 0.299. The number of halogens is 5. The molecule has 2 nitrogen and oxygen atoms in total. The van der Waals surface area contributed by atoms with E-state index in [0.29, 0.717) is 29.1 Å². The molecule has 0 bridgehead atoms. The number of benzene rings is 2. The third-order valence-electron chi connectivity index (χ3n) is 3.15.